The van der Waals surface area contributed by atoms with Gasteiger partial charge in [0, 0.05) is 38.3 Å². The van der Waals surface area contributed by atoms with Crippen LogP contribution in [0.1, 0.15) is 11.6 Å². The zero-order valence-electron chi connectivity index (χ0n) is 18.1. The highest BCUT2D eigenvalue weighted by molar-refractivity contribution is 5.71. The maximum absolute atomic E-state index is 10.6. The van der Waals surface area contributed by atoms with Crippen molar-refractivity contribution in [1.29, 1.82) is 0 Å². The number of hydrogen-bond acceptors (Lipinski definition) is 9. The summed E-state index contributed by atoms with van der Waals surface area (Å²) in [5.41, 5.74) is 3.00. The van der Waals surface area contributed by atoms with E-state index in [-0.39, 0.29) is 0 Å². The Morgan fingerprint density at radius 3 is 1.72 bits per heavy atom. The Morgan fingerprint density at radius 1 is 0.812 bits per heavy atom. The van der Waals surface area contributed by atoms with Crippen LogP contribution in [0, 0.1) is 0 Å². The maximum Gasteiger partial charge on any atom is 0.215 e. The van der Waals surface area contributed by atoms with Gasteiger partial charge in [0.15, 0.2) is 11.3 Å². The van der Waals surface area contributed by atoms with E-state index in [1.165, 1.54) is 0 Å². The molecule has 1 aliphatic heterocycles. The van der Waals surface area contributed by atoms with Crippen molar-refractivity contribution in [3.8, 4) is 11.8 Å². The number of aliphatic hydroxyl groups is 1. The molecule has 32 heavy (non-hydrogen) atoms. The van der Waals surface area contributed by atoms with E-state index in [2.05, 4.69) is 39.7 Å². The van der Waals surface area contributed by atoms with Crippen LogP contribution >= 0.6 is 0 Å². The molecule has 4 aromatic heterocycles. The molecular formula is C21H26N8O3. The number of imidazole rings is 2. The van der Waals surface area contributed by atoms with Gasteiger partial charge in [-0.05, 0) is 12.1 Å². The van der Waals surface area contributed by atoms with Crippen LogP contribution in [0.2, 0.25) is 0 Å². The normalized spacial score (nSPS) is 16.6. The summed E-state index contributed by atoms with van der Waals surface area (Å²) in [6.45, 7) is 3.97. The minimum absolute atomic E-state index is 0.470. The first kappa shape index (κ1) is 20.6. The van der Waals surface area contributed by atoms with E-state index in [0.29, 0.717) is 49.2 Å². The second kappa shape index (κ2) is 8.69. The predicted molar refractivity (Wildman–Crippen MR) is 117 cm³/mol. The quantitative estimate of drug-likeness (QED) is 0.403. The highest BCUT2D eigenvalue weighted by atomic mass is 16.5. The lowest BCUT2D eigenvalue weighted by atomic mass is 10.3. The molecule has 0 radical (unpaired) electrons. The van der Waals surface area contributed by atoms with Gasteiger partial charge in [-0.1, -0.05) is 0 Å². The van der Waals surface area contributed by atoms with Gasteiger partial charge in [-0.2, -0.15) is 9.97 Å². The topological polar surface area (TPSA) is 128 Å². The zero-order valence-corrected chi connectivity index (χ0v) is 18.1. The number of aromatic nitrogens is 6. The molecule has 11 heteroatoms. The van der Waals surface area contributed by atoms with E-state index in [0.717, 1.165) is 35.8 Å². The molecule has 0 atom stereocenters. The number of rotatable bonds is 6. The summed E-state index contributed by atoms with van der Waals surface area (Å²) in [6, 6.07) is 7.44. The number of β-amino-alcohol motifs (C(OH)–C–C–N with tert-alkyl or cyclic N) is 1. The summed E-state index contributed by atoms with van der Waals surface area (Å²) in [5, 5.41) is 10.6. The molecule has 11 nitrogen and oxygen atoms in total. The van der Waals surface area contributed by atoms with Crippen LogP contribution in [0.3, 0.4) is 0 Å². The van der Waals surface area contributed by atoms with Crippen molar-refractivity contribution in [3.63, 3.8) is 0 Å². The monoisotopic (exact) mass is 438 g/mol. The molecule has 1 saturated heterocycles. The first-order chi connectivity index (χ1) is 15.6. The molecule has 5 rings (SSSR count). The molecule has 1 aliphatic rings. The zero-order chi connectivity index (χ0) is 22.1. The van der Waals surface area contributed by atoms with Crippen molar-refractivity contribution >= 4 is 22.3 Å². The minimum Gasteiger partial charge on any atom is -0.481 e. The Morgan fingerprint density at radius 2 is 1.28 bits per heavy atom. The van der Waals surface area contributed by atoms with Gasteiger partial charge in [0.25, 0.3) is 0 Å². The molecule has 168 valence electrons. The number of methoxy groups -OCH3 is 2. The van der Waals surface area contributed by atoms with Gasteiger partial charge in [-0.15, -0.1) is 0 Å². The molecule has 1 fully saturated rings. The molecule has 0 spiro atoms. The summed E-state index contributed by atoms with van der Waals surface area (Å²) in [5.74, 6) is 2.71. The van der Waals surface area contributed by atoms with E-state index in [1.807, 2.05) is 24.3 Å². The molecule has 0 aliphatic carbocycles. The van der Waals surface area contributed by atoms with Crippen molar-refractivity contribution in [2.24, 2.45) is 0 Å². The second-order valence-electron chi connectivity index (χ2n) is 7.94. The van der Waals surface area contributed by atoms with Crippen molar-refractivity contribution in [2.75, 3.05) is 40.4 Å². The average Bonchev–Trinajstić information content (AvgIpc) is 3.33. The number of ether oxygens (including phenoxy) is 2. The van der Waals surface area contributed by atoms with Crippen LogP contribution < -0.4 is 9.47 Å². The summed E-state index contributed by atoms with van der Waals surface area (Å²) in [4.78, 5) is 28.9. The largest absolute Gasteiger partial charge is 0.481 e. The van der Waals surface area contributed by atoms with Gasteiger partial charge in [0.1, 0.15) is 11.6 Å². The number of nitrogens with zero attached hydrogens (tertiary/aromatic N) is 6. The van der Waals surface area contributed by atoms with Gasteiger partial charge in [0.2, 0.25) is 11.8 Å². The van der Waals surface area contributed by atoms with Gasteiger partial charge in [-0.25, -0.2) is 9.97 Å². The predicted octanol–water partition coefficient (Wildman–Crippen LogP) is 0.925. The molecule has 0 saturated carbocycles. The van der Waals surface area contributed by atoms with Crippen LogP contribution in [0.4, 0.5) is 0 Å². The molecular weight excluding hydrogens is 412 g/mol. The Kier molecular flexibility index (Phi) is 5.60. The van der Waals surface area contributed by atoms with Crippen LogP contribution in [0.5, 0.6) is 11.8 Å². The molecule has 0 aromatic carbocycles. The lowest BCUT2D eigenvalue weighted by molar-refractivity contribution is 0.105. The first-order valence-corrected chi connectivity index (χ1v) is 10.5. The van der Waals surface area contributed by atoms with Crippen molar-refractivity contribution in [2.45, 2.75) is 19.2 Å². The highest BCUT2D eigenvalue weighted by Crippen LogP contribution is 2.18. The summed E-state index contributed by atoms with van der Waals surface area (Å²) >= 11 is 0. The number of pyridine rings is 2. The van der Waals surface area contributed by atoms with E-state index in [1.54, 1.807) is 14.2 Å². The van der Waals surface area contributed by atoms with E-state index < -0.39 is 6.10 Å². The van der Waals surface area contributed by atoms with E-state index in [9.17, 15) is 5.11 Å². The Balaban J connectivity index is 1.24. The fraction of sp³-hybridized carbons (Fsp3) is 0.429. The van der Waals surface area contributed by atoms with Gasteiger partial charge >= 0.3 is 0 Å². The van der Waals surface area contributed by atoms with Crippen LogP contribution in [0.25, 0.3) is 22.3 Å². The first-order valence-electron chi connectivity index (χ1n) is 10.5. The van der Waals surface area contributed by atoms with Crippen molar-refractivity contribution in [1.82, 2.24) is 39.7 Å². The third kappa shape index (κ3) is 4.35. The maximum atomic E-state index is 10.6. The Labute approximate surface area is 184 Å². The lowest BCUT2D eigenvalue weighted by Gasteiger charge is -2.20. The fourth-order valence-electron chi connectivity index (χ4n) is 4.06. The number of nitrogens with one attached hydrogen (secondary N) is 2. The van der Waals surface area contributed by atoms with E-state index in [4.69, 9.17) is 9.47 Å². The number of aromatic amines is 2. The summed E-state index contributed by atoms with van der Waals surface area (Å²) < 4.78 is 10.3. The average molecular weight is 438 g/mol. The third-order valence-corrected chi connectivity index (χ3v) is 5.57. The molecule has 0 bridgehead atoms. The van der Waals surface area contributed by atoms with Crippen molar-refractivity contribution in [3.05, 3.63) is 35.9 Å². The Hall–Kier alpha value is -3.28. The number of aliphatic hydroxyl groups excluding tert-OH is 1. The SMILES string of the molecule is COc1ccc2[nH]c(CN3CCN(Cc4nc5nc(OC)ccc5[nH]4)CC(O)C3)nc2n1. The summed E-state index contributed by atoms with van der Waals surface area (Å²) in [6.07, 6.45) is -0.470. The number of hydrogen-bond donors (Lipinski definition) is 3. The molecule has 5 heterocycles. The molecule has 4 aromatic rings. The minimum atomic E-state index is -0.470. The number of H-pyrrole nitrogens is 2. The standard InChI is InChI=1S/C21H26N8O3/c1-31-18-5-3-14-20(26-18)24-16(22-14)11-28-7-8-29(10-13(30)9-28)12-17-23-15-4-6-19(32-2)27-21(15)25-17/h3-6,13,30H,7-12H2,1-2H3,(H,22,24,26)(H,23,25,27). The fourth-order valence-corrected chi connectivity index (χ4v) is 4.06. The molecule has 0 unspecified atom stereocenters. The van der Waals surface area contributed by atoms with Crippen molar-refractivity contribution < 1.29 is 14.6 Å². The summed E-state index contributed by atoms with van der Waals surface area (Å²) in [7, 11) is 3.18. The van der Waals surface area contributed by atoms with Crippen LogP contribution in [-0.4, -0.2) is 91.3 Å². The highest BCUT2D eigenvalue weighted by Gasteiger charge is 2.23. The van der Waals surface area contributed by atoms with E-state index >= 15 is 0 Å². The van der Waals surface area contributed by atoms with Crippen LogP contribution in [-0.2, 0) is 13.1 Å². The lowest BCUT2D eigenvalue weighted by Crippen LogP contribution is -2.33. The smallest absolute Gasteiger partial charge is 0.215 e. The number of fused-ring (bicyclic) bond motifs is 2. The van der Waals surface area contributed by atoms with Gasteiger partial charge in [0.05, 0.1) is 44.4 Å². The Bertz CT molecular complexity index is 1130. The second-order valence-corrected chi connectivity index (χ2v) is 7.94. The van der Waals surface area contributed by atoms with Gasteiger partial charge in [-0.3, -0.25) is 9.80 Å². The molecule has 3 N–H and O–H groups in total. The van der Waals surface area contributed by atoms with Gasteiger partial charge < -0.3 is 24.5 Å². The molecule has 0 amide bonds. The third-order valence-electron chi connectivity index (χ3n) is 5.57. The van der Waals surface area contributed by atoms with Crippen LogP contribution in [0.15, 0.2) is 24.3 Å².